The molecule has 0 aliphatic rings. The van der Waals surface area contributed by atoms with Gasteiger partial charge in [-0.1, -0.05) is 18.2 Å². The molecule has 0 spiro atoms. The Labute approximate surface area is 207 Å². The Balaban J connectivity index is 1.30. The molecule has 5 rings (SSSR count). The number of carbonyl (C=O) groups excluding carboxylic acids is 2. The maximum Gasteiger partial charge on any atom is 0.338 e. The summed E-state index contributed by atoms with van der Waals surface area (Å²) in [7, 11) is 1.61. The molecule has 0 radical (unpaired) electrons. The van der Waals surface area contributed by atoms with E-state index in [0.717, 1.165) is 27.9 Å². The molecule has 0 fully saturated rings. The lowest BCUT2D eigenvalue weighted by Gasteiger charge is -2.15. The van der Waals surface area contributed by atoms with Gasteiger partial charge in [0.25, 0.3) is 5.91 Å². The molecule has 36 heavy (non-hydrogen) atoms. The molecule has 0 aliphatic heterocycles. The average Bonchev–Trinajstić information content (AvgIpc) is 3.32. The highest BCUT2D eigenvalue weighted by atomic mass is 16.5. The standard InChI is InChI=1S/C28H24N4O4/c1-16-14-24(21-6-4-5-7-22(21)29-16)32-27(33)17(2)36-28(34)19-10-13-23-25(15-19)31-26(30-23)18-8-11-20(35-3)12-9-18/h4-15,17H,1-3H3,(H,30,31)(H,29,32,33). The second-order valence-electron chi connectivity index (χ2n) is 8.41. The minimum atomic E-state index is -1.00. The van der Waals surface area contributed by atoms with Crippen molar-refractivity contribution in [3.05, 3.63) is 84.1 Å². The van der Waals surface area contributed by atoms with Crippen LogP contribution in [0.2, 0.25) is 0 Å². The monoisotopic (exact) mass is 480 g/mol. The number of anilines is 1. The Hall–Kier alpha value is -4.72. The van der Waals surface area contributed by atoms with Crippen molar-refractivity contribution in [3.63, 3.8) is 0 Å². The van der Waals surface area contributed by atoms with Crippen molar-refractivity contribution in [2.45, 2.75) is 20.0 Å². The van der Waals surface area contributed by atoms with Crippen LogP contribution in [0.5, 0.6) is 5.75 Å². The molecule has 1 atom stereocenters. The lowest BCUT2D eigenvalue weighted by molar-refractivity contribution is -0.123. The summed E-state index contributed by atoms with van der Waals surface area (Å²) in [4.78, 5) is 37.9. The third-order valence-corrected chi connectivity index (χ3v) is 5.84. The van der Waals surface area contributed by atoms with Crippen LogP contribution < -0.4 is 10.1 Å². The SMILES string of the molecule is COc1ccc(-c2nc3ccc(C(=O)OC(C)C(=O)Nc4cc(C)nc5ccccc45)cc3[nH]2)cc1. The van der Waals surface area contributed by atoms with Gasteiger partial charge < -0.3 is 19.8 Å². The number of imidazole rings is 1. The molecule has 5 aromatic rings. The summed E-state index contributed by atoms with van der Waals surface area (Å²) in [5.74, 6) is 0.399. The lowest BCUT2D eigenvalue weighted by atomic mass is 10.1. The largest absolute Gasteiger partial charge is 0.497 e. The van der Waals surface area contributed by atoms with Crippen molar-refractivity contribution < 1.29 is 19.1 Å². The number of nitrogens with one attached hydrogen (secondary N) is 2. The number of hydrogen-bond donors (Lipinski definition) is 2. The van der Waals surface area contributed by atoms with Gasteiger partial charge in [0, 0.05) is 16.6 Å². The molecular formula is C28H24N4O4. The molecule has 0 saturated heterocycles. The van der Waals surface area contributed by atoms with Gasteiger partial charge >= 0.3 is 5.97 Å². The topological polar surface area (TPSA) is 106 Å². The number of rotatable bonds is 6. The van der Waals surface area contributed by atoms with E-state index in [2.05, 4.69) is 20.3 Å². The number of hydrogen-bond acceptors (Lipinski definition) is 6. The van der Waals surface area contributed by atoms with Crippen LogP contribution in [0.4, 0.5) is 5.69 Å². The zero-order chi connectivity index (χ0) is 25.2. The first-order valence-electron chi connectivity index (χ1n) is 11.4. The summed E-state index contributed by atoms with van der Waals surface area (Å²) in [5.41, 5.74) is 4.78. The number of aromatic nitrogens is 3. The molecule has 8 nitrogen and oxygen atoms in total. The number of H-pyrrole nitrogens is 1. The van der Waals surface area contributed by atoms with E-state index in [0.29, 0.717) is 28.1 Å². The number of methoxy groups -OCH3 is 1. The second-order valence-corrected chi connectivity index (χ2v) is 8.41. The fourth-order valence-corrected chi connectivity index (χ4v) is 3.95. The molecular weight excluding hydrogens is 456 g/mol. The van der Waals surface area contributed by atoms with E-state index in [1.54, 1.807) is 38.3 Å². The van der Waals surface area contributed by atoms with E-state index in [9.17, 15) is 9.59 Å². The summed E-state index contributed by atoms with van der Waals surface area (Å²) in [5, 5.41) is 3.67. The van der Waals surface area contributed by atoms with Crippen molar-refractivity contribution in [1.82, 2.24) is 15.0 Å². The van der Waals surface area contributed by atoms with E-state index >= 15 is 0 Å². The van der Waals surface area contributed by atoms with Crippen LogP contribution in [0, 0.1) is 6.92 Å². The summed E-state index contributed by atoms with van der Waals surface area (Å²) in [6.07, 6.45) is -1.00. The van der Waals surface area contributed by atoms with Crippen molar-refractivity contribution >= 4 is 39.5 Å². The summed E-state index contributed by atoms with van der Waals surface area (Å²) >= 11 is 0. The van der Waals surface area contributed by atoms with Crippen LogP contribution in [-0.4, -0.2) is 40.0 Å². The van der Waals surface area contributed by atoms with Gasteiger partial charge in [-0.3, -0.25) is 9.78 Å². The molecule has 0 aliphatic carbocycles. The highest BCUT2D eigenvalue weighted by Crippen LogP contribution is 2.25. The minimum absolute atomic E-state index is 0.317. The molecule has 0 saturated carbocycles. The number of carbonyl (C=O) groups is 2. The molecule has 0 bridgehead atoms. The van der Waals surface area contributed by atoms with Crippen LogP contribution in [0.1, 0.15) is 23.0 Å². The Bertz CT molecular complexity index is 1590. The number of aromatic amines is 1. The number of aryl methyl sites for hydroxylation is 1. The summed E-state index contributed by atoms with van der Waals surface area (Å²) < 4.78 is 10.7. The Morgan fingerprint density at radius 1 is 0.944 bits per heavy atom. The Morgan fingerprint density at radius 2 is 1.72 bits per heavy atom. The maximum atomic E-state index is 12.8. The lowest BCUT2D eigenvalue weighted by Crippen LogP contribution is -2.30. The van der Waals surface area contributed by atoms with Crippen LogP contribution in [-0.2, 0) is 9.53 Å². The van der Waals surface area contributed by atoms with Gasteiger partial charge in [0.05, 0.1) is 34.9 Å². The molecule has 3 aromatic carbocycles. The van der Waals surface area contributed by atoms with Gasteiger partial charge in [-0.15, -0.1) is 0 Å². The normalized spacial score (nSPS) is 11.9. The fraction of sp³-hybridized carbons (Fsp3) is 0.143. The van der Waals surface area contributed by atoms with E-state index in [4.69, 9.17) is 9.47 Å². The summed E-state index contributed by atoms with van der Waals surface area (Å²) in [6.45, 7) is 3.40. The van der Waals surface area contributed by atoms with E-state index in [1.165, 1.54) is 0 Å². The van der Waals surface area contributed by atoms with Gasteiger partial charge in [0.15, 0.2) is 6.10 Å². The first-order chi connectivity index (χ1) is 17.4. The quantitative estimate of drug-likeness (QED) is 0.320. The predicted molar refractivity (Wildman–Crippen MR) is 138 cm³/mol. The maximum absolute atomic E-state index is 12.8. The van der Waals surface area contributed by atoms with Crippen molar-refractivity contribution in [2.24, 2.45) is 0 Å². The smallest absolute Gasteiger partial charge is 0.338 e. The highest BCUT2D eigenvalue weighted by molar-refractivity contribution is 6.03. The number of pyridine rings is 1. The zero-order valence-corrected chi connectivity index (χ0v) is 20.0. The molecule has 1 amide bonds. The third-order valence-electron chi connectivity index (χ3n) is 5.84. The van der Waals surface area contributed by atoms with Crippen molar-refractivity contribution in [2.75, 3.05) is 12.4 Å². The van der Waals surface area contributed by atoms with Crippen LogP contribution in [0.25, 0.3) is 33.3 Å². The van der Waals surface area contributed by atoms with Gasteiger partial charge in [-0.25, -0.2) is 9.78 Å². The summed E-state index contributed by atoms with van der Waals surface area (Å²) in [6, 6.07) is 21.9. The van der Waals surface area contributed by atoms with Crippen molar-refractivity contribution in [3.8, 4) is 17.1 Å². The molecule has 2 aromatic heterocycles. The first kappa shape index (κ1) is 23.0. The van der Waals surface area contributed by atoms with Crippen molar-refractivity contribution in [1.29, 1.82) is 0 Å². The number of esters is 1. The predicted octanol–water partition coefficient (Wildman–Crippen LogP) is 5.28. The van der Waals surface area contributed by atoms with E-state index in [-0.39, 0.29) is 0 Å². The van der Waals surface area contributed by atoms with E-state index < -0.39 is 18.0 Å². The third kappa shape index (κ3) is 4.61. The number of benzene rings is 3. The molecule has 8 heteroatoms. The van der Waals surface area contributed by atoms with Gasteiger partial charge in [-0.05, 0) is 68.4 Å². The fourth-order valence-electron chi connectivity index (χ4n) is 3.95. The van der Waals surface area contributed by atoms with Crippen LogP contribution in [0.15, 0.2) is 72.8 Å². The number of fused-ring (bicyclic) bond motifs is 2. The number of ether oxygens (including phenoxy) is 2. The number of nitrogens with zero attached hydrogens (tertiary/aromatic N) is 2. The average molecular weight is 481 g/mol. The second kappa shape index (κ2) is 9.50. The molecule has 1 unspecified atom stereocenters. The van der Waals surface area contributed by atoms with Gasteiger partial charge in [-0.2, -0.15) is 0 Å². The van der Waals surface area contributed by atoms with E-state index in [1.807, 2.05) is 55.5 Å². The van der Waals surface area contributed by atoms with Crippen LogP contribution in [0.3, 0.4) is 0 Å². The number of amides is 1. The Morgan fingerprint density at radius 3 is 2.50 bits per heavy atom. The first-order valence-corrected chi connectivity index (χ1v) is 11.4. The minimum Gasteiger partial charge on any atom is -0.497 e. The molecule has 2 heterocycles. The van der Waals surface area contributed by atoms with Crippen LogP contribution >= 0.6 is 0 Å². The number of para-hydroxylation sites is 1. The Kier molecular flexibility index (Phi) is 6.08. The van der Waals surface area contributed by atoms with Gasteiger partial charge in [0.2, 0.25) is 0 Å². The zero-order valence-electron chi connectivity index (χ0n) is 20.0. The van der Waals surface area contributed by atoms with Gasteiger partial charge in [0.1, 0.15) is 11.6 Å². The highest BCUT2D eigenvalue weighted by Gasteiger charge is 2.21. The molecule has 2 N–H and O–H groups in total. The molecule has 180 valence electrons.